The number of rotatable bonds is 7. The average molecular weight is 314 g/mol. The predicted octanol–water partition coefficient (Wildman–Crippen LogP) is 2.64. The Kier molecular flexibility index (Phi) is 6.32. The third kappa shape index (κ3) is 5.56. The molecule has 0 unspecified atom stereocenters. The summed E-state index contributed by atoms with van der Waals surface area (Å²) < 4.78 is 15.0. The maximum absolute atomic E-state index is 11.8. The van der Waals surface area contributed by atoms with Crippen molar-refractivity contribution in [3.05, 3.63) is 65.7 Å². The molecule has 0 saturated carbocycles. The lowest BCUT2D eigenvalue weighted by Gasteiger charge is -2.06. The van der Waals surface area contributed by atoms with E-state index in [9.17, 15) is 9.59 Å². The first-order valence-corrected chi connectivity index (χ1v) is 7.20. The molecule has 2 rings (SSSR count). The number of carbonyl (C=O) groups is 2. The summed E-state index contributed by atoms with van der Waals surface area (Å²) in [6.45, 7) is 0.546. The van der Waals surface area contributed by atoms with Crippen LogP contribution in [0.15, 0.2) is 54.6 Å². The number of ether oxygens (including phenoxy) is 3. The zero-order chi connectivity index (χ0) is 16.5. The van der Waals surface area contributed by atoms with E-state index >= 15 is 0 Å². The maximum Gasteiger partial charge on any atom is 0.338 e. The molecule has 0 atom stereocenters. The molecule has 5 heteroatoms. The molecule has 0 fully saturated rings. The molecule has 0 N–H and O–H groups in total. The molecule has 0 spiro atoms. The molecule has 2 aromatic rings. The zero-order valence-electron chi connectivity index (χ0n) is 12.9. The van der Waals surface area contributed by atoms with Crippen LogP contribution in [-0.4, -0.2) is 32.3 Å². The molecule has 0 aliphatic rings. The minimum atomic E-state index is -0.441. The minimum absolute atomic E-state index is 0.196. The third-order valence-corrected chi connectivity index (χ3v) is 3.03. The summed E-state index contributed by atoms with van der Waals surface area (Å²) in [5, 5.41) is 0. The van der Waals surface area contributed by atoms with Gasteiger partial charge in [-0.15, -0.1) is 0 Å². The molecule has 0 aromatic heterocycles. The lowest BCUT2D eigenvalue weighted by Crippen LogP contribution is -2.12. The molecule has 0 aliphatic carbocycles. The molecule has 23 heavy (non-hydrogen) atoms. The second-order valence-corrected chi connectivity index (χ2v) is 4.79. The van der Waals surface area contributed by atoms with Gasteiger partial charge in [0, 0.05) is 7.11 Å². The zero-order valence-corrected chi connectivity index (χ0v) is 12.9. The van der Waals surface area contributed by atoms with Gasteiger partial charge in [0.15, 0.2) is 0 Å². The van der Waals surface area contributed by atoms with Gasteiger partial charge in [-0.2, -0.15) is 0 Å². The summed E-state index contributed by atoms with van der Waals surface area (Å²) in [5.74, 6) is -0.407. The molecule has 0 amide bonds. The molecule has 5 nitrogen and oxygen atoms in total. The van der Waals surface area contributed by atoms with Crippen molar-refractivity contribution in [1.82, 2.24) is 0 Å². The summed E-state index contributed by atoms with van der Waals surface area (Å²) >= 11 is 0. The highest BCUT2D eigenvalue weighted by Crippen LogP contribution is 2.14. The van der Waals surface area contributed by atoms with Crippen molar-refractivity contribution >= 4 is 11.9 Å². The normalized spacial score (nSPS) is 10.1. The summed E-state index contributed by atoms with van der Waals surface area (Å²) in [6, 6.07) is 15.6. The van der Waals surface area contributed by atoms with Crippen molar-refractivity contribution in [2.45, 2.75) is 6.42 Å². The smallest absolute Gasteiger partial charge is 0.338 e. The van der Waals surface area contributed by atoms with Crippen LogP contribution in [0.25, 0.3) is 0 Å². The fourth-order valence-corrected chi connectivity index (χ4v) is 1.89. The molecule has 0 radical (unpaired) electrons. The highest BCUT2D eigenvalue weighted by molar-refractivity contribution is 5.89. The number of carbonyl (C=O) groups excluding carboxylic acids is 2. The number of esters is 2. The van der Waals surface area contributed by atoms with E-state index in [0.717, 1.165) is 5.56 Å². The van der Waals surface area contributed by atoms with Crippen molar-refractivity contribution < 1.29 is 23.8 Å². The van der Waals surface area contributed by atoms with Crippen LogP contribution in [0, 0.1) is 0 Å². The van der Waals surface area contributed by atoms with Crippen molar-refractivity contribution in [3.63, 3.8) is 0 Å². The number of hydrogen-bond acceptors (Lipinski definition) is 5. The fourth-order valence-electron chi connectivity index (χ4n) is 1.89. The average Bonchev–Trinajstić information content (AvgIpc) is 2.56. The van der Waals surface area contributed by atoms with Gasteiger partial charge < -0.3 is 14.2 Å². The Bertz CT molecular complexity index is 634. The molecule has 0 aliphatic heterocycles. The van der Waals surface area contributed by atoms with E-state index in [0.29, 0.717) is 17.9 Å². The summed E-state index contributed by atoms with van der Waals surface area (Å²) in [5.41, 5.74) is 1.28. The van der Waals surface area contributed by atoms with Gasteiger partial charge in [-0.3, -0.25) is 4.79 Å². The maximum atomic E-state index is 11.8. The van der Waals surface area contributed by atoms with Gasteiger partial charge in [-0.25, -0.2) is 4.79 Å². The lowest BCUT2D eigenvalue weighted by atomic mass is 10.1. The van der Waals surface area contributed by atoms with Crippen LogP contribution in [0.2, 0.25) is 0 Å². The van der Waals surface area contributed by atoms with Crippen LogP contribution in [0.4, 0.5) is 0 Å². The van der Waals surface area contributed by atoms with E-state index in [1.807, 2.05) is 30.3 Å². The van der Waals surface area contributed by atoms with E-state index in [4.69, 9.17) is 14.2 Å². The molecule has 120 valence electrons. The Labute approximate surface area is 134 Å². The molecule has 0 bridgehead atoms. The largest absolute Gasteiger partial charge is 0.460 e. The van der Waals surface area contributed by atoms with Crippen molar-refractivity contribution in [1.29, 1.82) is 0 Å². The van der Waals surface area contributed by atoms with Gasteiger partial charge in [0.2, 0.25) is 0 Å². The van der Waals surface area contributed by atoms with Crippen LogP contribution >= 0.6 is 0 Å². The van der Waals surface area contributed by atoms with E-state index in [-0.39, 0.29) is 19.0 Å². The summed E-state index contributed by atoms with van der Waals surface area (Å²) in [4.78, 5) is 23.6. The SMILES string of the molecule is COCCOC(=O)c1ccc(OC(=O)Cc2ccccc2)cc1. The van der Waals surface area contributed by atoms with Crippen LogP contribution in [0.5, 0.6) is 5.75 Å². The number of hydrogen-bond donors (Lipinski definition) is 0. The standard InChI is InChI=1S/C18H18O5/c1-21-11-12-22-18(20)15-7-9-16(10-8-15)23-17(19)13-14-5-3-2-4-6-14/h2-10H,11-13H2,1H3. The lowest BCUT2D eigenvalue weighted by molar-refractivity contribution is -0.133. The number of benzene rings is 2. The first-order chi connectivity index (χ1) is 11.2. The van der Waals surface area contributed by atoms with Gasteiger partial charge in [-0.05, 0) is 29.8 Å². The topological polar surface area (TPSA) is 61.8 Å². The third-order valence-electron chi connectivity index (χ3n) is 3.03. The molecule has 0 saturated heterocycles. The Morgan fingerprint density at radius 1 is 0.913 bits per heavy atom. The van der Waals surface area contributed by atoms with Crippen LogP contribution in [0.1, 0.15) is 15.9 Å². The number of methoxy groups -OCH3 is 1. The minimum Gasteiger partial charge on any atom is -0.460 e. The summed E-state index contributed by atoms with van der Waals surface area (Å²) in [7, 11) is 1.53. The van der Waals surface area contributed by atoms with Gasteiger partial charge >= 0.3 is 11.9 Å². The Morgan fingerprint density at radius 3 is 2.26 bits per heavy atom. The van der Waals surface area contributed by atoms with Crippen molar-refractivity contribution in [2.24, 2.45) is 0 Å². The van der Waals surface area contributed by atoms with Crippen molar-refractivity contribution in [3.8, 4) is 5.75 Å². The highest BCUT2D eigenvalue weighted by Gasteiger charge is 2.09. The molecule has 0 heterocycles. The van der Waals surface area contributed by atoms with E-state index in [2.05, 4.69) is 0 Å². The fraction of sp³-hybridized carbons (Fsp3) is 0.222. The van der Waals surface area contributed by atoms with E-state index < -0.39 is 5.97 Å². The first-order valence-electron chi connectivity index (χ1n) is 7.20. The van der Waals surface area contributed by atoms with E-state index in [1.165, 1.54) is 7.11 Å². The Hall–Kier alpha value is -2.66. The van der Waals surface area contributed by atoms with Crippen molar-refractivity contribution in [2.75, 3.05) is 20.3 Å². The van der Waals surface area contributed by atoms with Gasteiger partial charge in [0.25, 0.3) is 0 Å². The summed E-state index contributed by atoms with van der Waals surface area (Å²) in [6.07, 6.45) is 0.196. The van der Waals surface area contributed by atoms with Crippen LogP contribution in [0.3, 0.4) is 0 Å². The molecular formula is C18H18O5. The van der Waals surface area contributed by atoms with Gasteiger partial charge in [0.05, 0.1) is 18.6 Å². The quantitative estimate of drug-likeness (QED) is 0.447. The Balaban J connectivity index is 1.87. The second-order valence-electron chi connectivity index (χ2n) is 4.79. The first kappa shape index (κ1) is 16.7. The van der Waals surface area contributed by atoms with Crippen LogP contribution < -0.4 is 4.74 Å². The van der Waals surface area contributed by atoms with Crippen LogP contribution in [-0.2, 0) is 20.7 Å². The van der Waals surface area contributed by atoms with Gasteiger partial charge in [0.1, 0.15) is 12.4 Å². The monoisotopic (exact) mass is 314 g/mol. The Morgan fingerprint density at radius 2 is 1.61 bits per heavy atom. The van der Waals surface area contributed by atoms with Gasteiger partial charge in [-0.1, -0.05) is 30.3 Å². The molecule has 2 aromatic carbocycles. The predicted molar refractivity (Wildman–Crippen MR) is 84.4 cm³/mol. The second kappa shape index (κ2) is 8.70. The molecular weight excluding hydrogens is 296 g/mol. The highest BCUT2D eigenvalue weighted by atomic mass is 16.6. The van der Waals surface area contributed by atoms with E-state index in [1.54, 1.807) is 24.3 Å².